The minimum absolute atomic E-state index is 0.281. The van der Waals surface area contributed by atoms with Gasteiger partial charge in [0, 0.05) is 28.0 Å². The van der Waals surface area contributed by atoms with E-state index in [1.807, 2.05) is 55.5 Å². The molecule has 1 N–H and O–H groups in total. The van der Waals surface area contributed by atoms with Gasteiger partial charge < -0.3 is 19.2 Å². The Morgan fingerprint density at radius 1 is 1.03 bits per heavy atom. The van der Waals surface area contributed by atoms with Crippen molar-refractivity contribution in [3.8, 4) is 23.0 Å². The number of nitrogens with zero attached hydrogens (tertiary/aromatic N) is 2. The molecule has 2 aromatic heterocycles. The molecule has 0 atom stereocenters. The van der Waals surface area contributed by atoms with Crippen LogP contribution in [0.25, 0.3) is 22.7 Å². The smallest absolute Gasteiger partial charge is 0.255 e. The molecule has 7 nitrogen and oxygen atoms in total. The van der Waals surface area contributed by atoms with Crippen LogP contribution in [-0.2, 0) is 6.61 Å². The van der Waals surface area contributed by atoms with E-state index >= 15 is 0 Å². The number of fused-ring (bicyclic) bond motifs is 1. The molecule has 0 bridgehead atoms. The van der Waals surface area contributed by atoms with Gasteiger partial charge in [0.2, 0.25) is 11.6 Å². The summed E-state index contributed by atoms with van der Waals surface area (Å²) in [5.74, 6) is 1.15. The van der Waals surface area contributed by atoms with Crippen LogP contribution < -0.4 is 14.8 Å². The van der Waals surface area contributed by atoms with Crippen molar-refractivity contribution in [3.63, 3.8) is 0 Å². The van der Waals surface area contributed by atoms with Crippen LogP contribution in [-0.4, -0.2) is 23.0 Å². The fraction of sp³-hybridized carbons (Fsp3) is 0.107. The monoisotopic (exact) mass is 499 g/mol. The molecule has 0 saturated carbocycles. The zero-order valence-corrected chi connectivity index (χ0v) is 20.4. The number of hydrogen-bond acceptors (Lipinski definition) is 6. The van der Waals surface area contributed by atoms with Gasteiger partial charge in [-0.15, -0.1) is 0 Å². The quantitative estimate of drug-likeness (QED) is 0.268. The first kappa shape index (κ1) is 23.4. The van der Waals surface area contributed by atoms with E-state index in [-0.39, 0.29) is 5.91 Å². The second-order valence-corrected chi connectivity index (χ2v) is 8.55. The van der Waals surface area contributed by atoms with Crippen LogP contribution >= 0.6 is 11.6 Å². The van der Waals surface area contributed by atoms with Gasteiger partial charge in [-0.25, -0.2) is 9.97 Å². The maximum atomic E-state index is 13.1. The summed E-state index contributed by atoms with van der Waals surface area (Å²) in [5.41, 5.74) is 4.81. The van der Waals surface area contributed by atoms with Crippen LogP contribution in [0.3, 0.4) is 0 Å². The van der Waals surface area contributed by atoms with Crippen molar-refractivity contribution in [1.29, 1.82) is 0 Å². The van der Waals surface area contributed by atoms with Gasteiger partial charge in [-0.3, -0.25) is 4.79 Å². The number of halogens is 1. The van der Waals surface area contributed by atoms with Crippen LogP contribution in [0.15, 0.2) is 83.4 Å². The largest absolute Gasteiger partial charge is 0.493 e. The van der Waals surface area contributed by atoms with Crippen LogP contribution in [0.4, 0.5) is 5.69 Å². The highest BCUT2D eigenvalue weighted by Crippen LogP contribution is 2.31. The van der Waals surface area contributed by atoms with Gasteiger partial charge in [-0.1, -0.05) is 29.8 Å². The van der Waals surface area contributed by atoms with Crippen LogP contribution in [0.5, 0.6) is 11.5 Å². The molecule has 36 heavy (non-hydrogen) atoms. The second kappa shape index (κ2) is 10.1. The highest BCUT2D eigenvalue weighted by molar-refractivity contribution is 6.30. The lowest BCUT2D eigenvalue weighted by atomic mass is 10.1. The SMILES string of the molecule is COc1cc(C(=O)Nc2cc(-c3nc4cccnc4o3)ccc2C)ccc1OCc1ccc(Cl)cc1. The number of carbonyl (C=O) groups excluding carboxylic acids is 1. The molecule has 0 spiro atoms. The number of hydrogen-bond donors (Lipinski definition) is 1. The van der Waals surface area contributed by atoms with Crippen LogP contribution in [0.1, 0.15) is 21.5 Å². The number of benzene rings is 3. The third-order valence-electron chi connectivity index (χ3n) is 5.63. The summed E-state index contributed by atoms with van der Waals surface area (Å²) in [6.07, 6.45) is 1.65. The molecule has 0 aliphatic heterocycles. The van der Waals surface area contributed by atoms with E-state index in [1.165, 1.54) is 7.11 Å². The summed E-state index contributed by atoms with van der Waals surface area (Å²) in [4.78, 5) is 21.8. The van der Waals surface area contributed by atoms with Gasteiger partial charge in [-0.2, -0.15) is 0 Å². The molecule has 0 unspecified atom stereocenters. The van der Waals surface area contributed by atoms with Gasteiger partial charge in [0.05, 0.1) is 7.11 Å². The van der Waals surface area contributed by atoms with Crippen molar-refractivity contribution in [2.75, 3.05) is 12.4 Å². The van der Waals surface area contributed by atoms with Gasteiger partial charge in [-0.05, 0) is 72.6 Å². The summed E-state index contributed by atoms with van der Waals surface area (Å²) in [5, 5.41) is 3.64. The number of anilines is 1. The summed E-state index contributed by atoms with van der Waals surface area (Å²) in [6.45, 7) is 2.26. The first-order valence-electron chi connectivity index (χ1n) is 11.2. The number of ether oxygens (including phenoxy) is 2. The zero-order chi connectivity index (χ0) is 25.1. The molecular formula is C28H22ClN3O4. The molecule has 2 heterocycles. The molecule has 5 rings (SSSR count). The maximum absolute atomic E-state index is 13.1. The number of aromatic nitrogens is 2. The van der Waals surface area contributed by atoms with E-state index in [1.54, 1.807) is 30.5 Å². The Morgan fingerprint density at radius 2 is 1.86 bits per heavy atom. The molecule has 180 valence electrons. The third-order valence-corrected chi connectivity index (χ3v) is 5.88. The lowest BCUT2D eigenvalue weighted by Gasteiger charge is -2.13. The Bertz CT molecular complexity index is 1510. The standard InChI is InChI=1S/C28H22ClN3O4/c1-17-5-8-20(27-32-22-4-3-13-30-28(22)36-27)14-23(17)31-26(33)19-9-12-24(25(15-19)34-2)35-16-18-6-10-21(29)11-7-18/h3-15H,16H2,1-2H3,(H,31,33). The Balaban J connectivity index is 1.33. The lowest BCUT2D eigenvalue weighted by molar-refractivity contribution is 0.102. The Labute approximate surface area is 212 Å². The Hall–Kier alpha value is -4.36. The van der Waals surface area contributed by atoms with Crippen molar-refractivity contribution in [1.82, 2.24) is 9.97 Å². The summed E-state index contributed by atoms with van der Waals surface area (Å²) >= 11 is 5.94. The highest BCUT2D eigenvalue weighted by atomic mass is 35.5. The number of pyridine rings is 1. The molecule has 0 aliphatic carbocycles. The van der Waals surface area contributed by atoms with E-state index in [0.717, 1.165) is 16.7 Å². The van der Waals surface area contributed by atoms with Gasteiger partial charge in [0.25, 0.3) is 5.91 Å². The van der Waals surface area contributed by atoms with E-state index < -0.39 is 0 Å². The molecule has 1 amide bonds. The number of methoxy groups -OCH3 is 1. The molecule has 0 aliphatic rings. The first-order valence-corrected chi connectivity index (χ1v) is 11.6. The minimum Gasteiger partial charge on any atom is -0.493 e. The maximum Gasteiger partial charge on any atom is 0.255 e. The molecule has 8 heteroatoms. The van der Waals surface area contributed by atoms with Crippen molar-refractivity contribution < 1.29 is 18.7 Å². The third kappa shape index (κ3) is 5.01. The summed E-state index contributed by atoms with van der Waals surface area (Å²) in [7, 11) is 1.54. The number of rotatable bonds is 7. The Kier molecular flexibility index (Phi) is 6.56. The number of amides is 1. The average Bonchev–Trinajstić information content (AvgIpc) is 3.34. The lowest BCUT2D eigenvalue weighted by Crippen LogP contribution is -2.13. The van der Waals surface area contributed by atoms with Crippen LogP contribution in [0.2, 0.25) is 5.02 Å². The topological polar surface area (TPSA) is 86.5 Å². The molecule has 0 radical (unpaired) electrons. The first-order chi connectivity index (χ1) is 17.5. The van der Waals surface area contributed by atoms with Gasteiger partial charge in [0.1, 0.15) is 12.1 Å². The minimum atomic E-state index is -0.281. The average molecular weight is 500 g/mol. The predicted molar refractivity (Wildman–Crippen MR) is 139 cm³/mol. The van der Waals surface area contributed by atoms with Crippen molar-refractivity contribution in [3.05, 3.63) is 101 Å². The molecule has 3 aromatic carbocycles. The molecular weight excluding hydrogens is 478 g/mol. The summed E-state index contributed by atoms with van der Waals surface area (Å²) in [6, 6.07) is 21.7. The molecule has 0 fully saturated rings. The number of carbonyl (C=O) groups is 1. The van der Waals surface area contributed by atoms with Crippen LogP contribution in [0, 0.1) is 6.92 Å². The van der Waals surface area contributed by atoms with E-state index in [4.69, 9.17) is 25.5 Å². The fourth-order valence-electron chi connectivity index (χ4n) is 3.65. The fourth-order valence-corrected chi connectivity index (χ4v) is 3.77. The van der Waals surface area contributed by atoms with Crippen molar-refractivity contribution in [2.45, 2.75) is 13.5 Å². The number of nitrogens with one attached hydrogen (secondary N) is 1. The van der Waals surface area contributed by atoms with Gasteiger partial charge >= 0.3 is 0 Å². The molecule has 0 saturated heterocycles. The van der Waals surface area contributed by atoms with Crippen molar-refractivity contribution >= 4 is 34.4 Å². The van der Waals surface area contributed by atoms with Gasteiger partial charge in [0.15, 0.2) is 11.5 Å². The normalized spacial score (nSPS) is 10.9. The van der Waals surface area contributed by atoms with E-state index in [0.29, 0.717) is 51.5 Å². The Morgan fingerprint density at radius 3 is 2.64 bits per heavy atom. The number of oxazole rings is 1. The van der Waals surface area contributed by atoms with E-state index in [2.05, 4.69) is 15.3 Å². The predicted octanol–water partition coefficient (Wildman–Crippen LogP) is 6.69. The number of aryl methyl sites for hydroxylation is 1. The molecule has 5 aromatic rings. The van der Waals surface area contributed by atoms with E-state index in [9.17, 15) is 4.79 Å². The van der Waals surface area contributed by atoms with Crippen molar-refractivity contribution in [2.24, 2.45) is 0 Å². The highest BCUT2D eigenvalue weighted by Gasteiger charge is 2.15. The summed E-state index contributed by atoms with van der Waals surface area (Å²) < 4.78 is 17.1. The zero-order valence-electron chi connectivity index (χ0n) is 19.6. The second-order valence-electron chi connectivity index (χ2n) is 8.11.